The molecule has 4 rings (SSSR count). The van der Waals surface area contributed by atoms with E-state index >= 15 is 0 Å². The molecule has 1 aromatic rings. The van der Waals surface area contributed by atoms with Crippen LogP contribution in [0.3, 0.4) is 0 Å². The number of thiazole rings is 1. The Morgan fingerprint density at radius 2 is 2.08 bits per heavy atom. The minimum absolute atomic E-state index is 0.0749. The standard InChI is InChI=1S/C18H28N4OS/c1-13-19-15(12-24-13)11-21-6-8-22(9-7-21)18(23)17-10-14-4-2-3-5-16(14)20-17/h12,14,16-17,20H,2-11H2,1H3. The molecule has 3 atom stereocenters. The number of nitrogens with zero attached hydrogens (tertiary/aromatic N) is 3. The normalized spacial score (nSPS) is 31.2. The first kappa shape index (κ1) is 16.5. The molecule has 2 aliphatic heterocycles. The van der Waals surface area contributed by atoms with E-state index in [0.29, 0.717) is 11.9 Å². The van der Waals surface area contributed by atoms with Crippen molar-refractivity contribution in [3.63, 3.8) is 0 Å². The van der Waals surface area contributed by atoms with E-state index < -0.39 is 0 Å². The van der Waals surface area contributed by atoms with Gasteiger partial charge in [-0.15, -0.1) is 11.3 Å². The molecule has 132 valence electrons. The molecular formula is C18H28N4OS. The molecule has 1 amide bonds. The number of carbonyl (C=O) groups excluding carboxylic acids is 1. The van der Waals surface area contributed by atoms with Crippen LogP contribution in [-0.2, 0) is 11.3 Å². The maximum atomic E-state index is 12.8. The summed E-state index contributed by atoms with van der Waals surface area (Å²) >= 11 is 1.71. The number of nitrogens with one attached hydrogen (secondary N) is 1. The number of aromatic nitrogens is 1. The summed E-state index contributed by atoms with van der Waals surface area (Å²) in [6.45, 7) is 6.60. The average Bonchev–Trinajstić information content (AvgIpc) is 3.21. The van der Waals surface area contributed by atoms with E-state index in [0.717, 1.165) is 50.1 Å². The van der Waals surface area contributed by atoms with Crippen LogP contribution < -0.4 is 5.32 Å². The van der Waals surface area contributed by atoms with Crippen LogP contribution in [0.2, 0.25) is 0 Å². The van der Waals surface area contributed by atoms with Gasteiger partial charge in [0.1, 0.15) is 0 Å². The van der Waals surface area contributed by atoms with Crippen molar-refractivity contribution in [2.45, 2.75) is 57.7 Å². The van der Waals surface area contributed by atoms with Gasteiger partial charge in [-0.3, -0.25) is 9.69 Å². The fraction of sp³-hybridized carbons (Fsp3) is 0.778. The van der Waals surface area contributed by atoms with Crippen molar-refractivity contribution < 1.29 is 4.79 Å². The monoisotopic (exact) mass is 348 g/mol. The molecule has 1 N–H and O–H groups in total. The van der Waals surface area contributed by atoms with Crippen LogP contribution in [0.4, 0.5) is 0 Å². The highest BCUT2D eigenvalue weighted by molar-refractivity contribution is 7.09. The summed E-state index contributed by atoms with van der Waals surface area (Å²) in [7, 11) is 0. The molecule has 3 fully saturated rings. The van der Waals surface area contributed by atoms with Gasteiger partial charge in [0.2, 0.25) is 5.91 Å². The van der Waals surface area contributed by atoms with Crippen molar-refractivity contribution in [3.8, 4) is 0 Å². The number of fused-ring (bicyclic) bond motifs is 1. The summed E-state index contributed by atoms with van der Waals surface area (Å²) in [5, 5.41) is 6.91. The third-order valence-electron chi connectivity index (χ3n) is 5.90. The third kappa shape index (κ3) is 3.51. The van der Waals surface area contributed by atoms with Crippen molar-refractivity contribution in [2.24, 2.45) is 5.92 Å². The molecule has 5 nitrogen and oxygen atoms in total. The molecule has 1 aromatic heterocycles. The van der Waals surface area contributed by atoms with Gasteiger partial charge in [-0.25, -0.2) is 4.98 Å². The molecule has 24 heavy (non-hydrogen) atoms. The molecular weight excluding hydrogens is 320 g/mol. The van der Waals surface area contributed by atoms with Crippen molar-refractivity contribution in [3.05, 3.63) is 16.1 Å². The summed E-state index contributed by atoms with van der Waals surface area (Å²) in [4.78, 5) is 21.9. The van der Waals surface area contributed by atoms with E-state index in [9.17, 15) is 4.79 Å². The van der Waals surface area contributed by atoms with E-state index in [-0.39, 0.29) is 6.04 Å². The van der Waals surface area contributed by atoms with Gasteiger partial charge in [0.25, 0.3) is 0 Å². The first-order valence-electron chi connectivity index (χ1n) is 9.37. The maximum absolute atomic E-state index is 12.8. The molecule has 6 heteroatoms. The third-order valence-corrected chi connectivity index (χ3v) is 6.72. The average molecular weight is 349 g/mol. The van der Waals surface area contributed by atoms with Crippen molar-refractivity contribution in [1.29, 1.82) is 0 Å². The van der Waals surface area contributed by atoms with Gasteiger partial charge >= 0.3 is 0 Å². The van der Waals surface area contributed by atoms with E-state index in [1.54, 1.807) is 11.3 Å². The molecule has 3 heterocycles. The van der Waals surface area contributed by atoms with Crippen molar-refractivity contribution in [2.75, 3.05) is 26.2 Å². The number of rotatable bonds is 3. The van der Waals surface area contributed by atoms with E-state index in [1.807, 2.05) is 0 Å². The van der Waals surface area contributed by atoms with Gasteiger partial charge < -0.3 is 10.2 Å². The molecule has 3 aliphatic rings. The Labute approximate surface area is 148 Å². The Morgan fingerprint density at radius 1 is 1.29 bits per heavy atom. The minimum atomic E-state index is 0.0749. The topological polar surface area (TPSA) is 48.5 Å². The number of piperazine rings is 1. The van der Waals surface area contributed by atoms with Gasteiger partial charge in [0, 0.05) is 44.1 Å². The maximum Gasteiger partial charge on any atom is 0.239 e. The second-order valence-electron chi connectivity index (χ2n) is 7.57. The molecule has 0 spiro atoms. The fourth-order valence-corrected chi connectivity index (χ4v) is 5.17. The highest BCUT2D eigenvalue weighted by atomic mass is 32.1. The molecule has 0 bridgehead atoms. The first-order chi connectivity index (χ1) is 11.7. The summed E-state index contributed by atoms with van der Waals surface area (Å²) < 4.78 is 0. The minimum Gasteiger partial charge on any atom is -0.339 e. The quantitative estimate of drug-likeness (QED) is 0.908. The second-order valence-corrected chi connectivity index (χ2v) is 8.63. The van der Waals surface area contributed by atoms with Gasteiger partial charge in [-0.05, 0) is 32.1 Å². The fourth-order valence-electron chi connectivity index (χ4n) is 4.57. The van der Waals surface area contributed by atoms with E-state index in [1.165, 1.54) is 31.4 Å². The van der Waals surface area contributed by atoms with Crippen molar-refractivity contribution in [1.82, 2.24) is 20.1 Å². The Kier molecular flexibility index (Phi) is 4.88. The Morgan fingerprint density at radius 3 is 2.79 bits per heavy atom. The molecule has 3 unspecified atom stereocenters. The predicted octanol–water partition coefficient (Wildman–Crippen LogP) is 2.02. The van der Waals surface area contributed by atoms with Crippen LogP contribution in [0, 0.1) is 12.8 Å². The molecule has 1 saturated carbocycles. The Bertz CT molecular complexity index is 567. The zero-order valence-corrected chi connectivity index (χ0v) is 15.4. The summed E-state index contributed by atoms with van der Waals surface area (Å²) in [5.41, 5.74) is 1.17. The summed E-state index contributed by atoms with van der Waals surface area (Å²) in [6, 6.07) is 0.674. The molecule has 0 radical (unpaired) electrons. The number of hydrogen-bond donors (Lipinski definition) is 1. The summed E-state index contributed by atoms with van der Waals surface area (Å²) in [5.74, 6) is 1.08. The highest BCUT2D eigenvalue weighted by Crippen LogP contribution is 2.33. The van der Waals surface area contributed by atoms with Gasteiger partial charge in [0.15, 0.2) is 0 Å². The Hall–Kier alpha value is -0.980. The van der Waals surface area contributed by atoms with Crippen LogP contribution in [0.15, 0.2) is 5.38 Å². The molecule has 0 aromatic carbocycles. The largest absolute Gasteiger partial charge is 0.339 e. The van der Waals surface area contributed by atoms with Crippen LogP contribution in [-0.4, -0.2) is 59.0 Å². The van der Waals surface area contributed by atoms with Gasteiger partial charge in [-0.1, -0.05) is 12.8 Å². The lowest BCUT2D eigenvalue weighted by Crippen LogP contribution is -2.53. The molecule has 2 saturated heterocycles. The zero-order valence-electron chi connectivity index (χ0n) is 14.5. The van der Waals surface area contributed by atoms with Gasteiger partial charge in [-0.2, -0.15) is 0 Å². The van der Waals surface area contributed by atoms with Crippen molar-refractivity contribution >= 4 is 17.2 Å². The van der Waals surface area contributed by atoms with Crippen LogP contribution in [0.5, 0.6) is 0 Å². The van der Waals surface area contributed by atoms with E-state index in [2.05, 4.69) is 32.4 Å². The lowest BCUT2D eigenvalue weighted by atomic mass is 9.85. The van der Waals surface area contributed by atoms with Gasteiger partial charge in [0.05, 0.1) is 16.7 Å². The van der Waals surface area contributed by atoms with Crippen LogP contribution in [0.25, 0.3) is 0 Å². The highest BCUT2D eigenvalue weighted by Gasteiger charge is 2.40. The molecule has 1 aliphatic carbocycles. The van der Waals surface area contributed by atoms with Crippen LogP contribution >= 0.6 is 11.3 Å². The smallest absolute Gasteiger partial charge is 0.239 e. The number of carbonyl (C=O) groups is 1. The summed E-state index contributed by atoms with van der Waals surface area (Å²) in [6.07, 6.45) is 6.29. The lowest BCUT2D eigenvalue weighted by molar-refractivity contribution is -0.135. The SMILES string of the molecule is Cc1nc(CN2CCN(C(=O)C3CC4CCCCC4N3)CC2)cs1. The van der Waals surface area contributed by atoms with E-state index in [4.69, 9.17) is 0 Å². The zero-order chi connectivity index (χ0) is 16.5. The second kappa shape index (κ2) is 7.10. The number of amides is 1. The lowest BCUT2D eigenvalue weighted by Gasteiger charge is -2.35. The number of aryl methyl sites for hydroxylation is 1. The number of hydrogen-bond acceptors (Lipinski definition) is 5. The Balaban J connectivity index is 1.27. The predicted molar refractivity (Wildman–Crippen MR) is 96.0 cm³/mol. The van der Waals surface area contributed by atoms with Crippen LogP contribution in [0.1, 0.15) is 42.8 Å². The first-order valence-corrected chi connectivity index (χ1v) is 10.3.